The molecule has 0 saturated carbocycles. The number of phosphoric acid groups is 1. The fourth-order valence-corrected chi connectivity index (χ4v) is 5.22. The average Bonchev–Trinajstić information content (AvgIpc) is 3.08. The molecule has 2 N–H and O–H groups in total. The van der Waals surface area contributed by atoms with Crippen molar-refractivity contribution in [3.05, 3.63) is 72.9 Å². The Labute approximate surface area is 304 Å². The first-order valence-electron chi connectivity index (χ1n) is 19.2. The van der Waals surface area contributed by atoms with E-state index < -0.39 is 32.5 Å². The molecule has 0 rings (SSSR count). The Hall–Kier alpha value is -2.51. The normalized spacial score (nSPS) is 13.3. The number of carbonyl (C=O) groups excluding carboxylic acids is 2. The minimum Gasteiger partial charge on any atom is -0.462 e. The Kier molecular flexibility index (Phi) is 34.5. The number of rotatable bonds is 34. The molecule has 0 radical (unpaired) electrons. The van der Waals surface area contributed by atoms with Crippen molar-refractivity contribution in [1.29, 1.82) is 0 Å². The predicted molar refractivity (Wildman–Crippen MR) is 207 cm³/mol. The number of phosphoric ester groups is 1. The first-order chi connectivity index (χ1) is 24.3. The second-order valence-electron chi connectivity index (χ2n) is 12.5. The van der Waals surface area contributed by atoms with Crippen molar-refractivity contribution in [2.75, 3.05) is 13.2 Å². The molecule has 0 bridgehead atoms. The van der Waals surface area contributed by atoms with Crippen LogP contribution in [-0.2, 0) is 28.2 Å². The fraction of sp³-hybridized carbons (Fsp3) is 0.659. The van der Waals surface area contributed by atoms with E-state index in [9.17, 15) is 14.2 Å². The van der Waals surface area contributed by atoms with Gasteiger partial charge in [0.05, 0.1) is 6.61 Å². The number of hydrogen-bond acceptors (Lipinski definition) is 6. The van der Waals surface area contributed by atoms with Gasteiger partial charge >= 0.3 is 19.8 Å². The Bertz CT molecular complexity index is 1040. The van der Waals surface area contributed by atoms with Gasteiger partial charge in [-0.3, -0.25) is 14.1 Å². The third-order valence-corrected chi connectivity index (χ3v) is 8.19. The zero-order chi connectivity index (χ0) is 36.8. The Morgan fingerprint density at radius 1 is 0.540 bits per heavy atom. The minimum absolute atomic E-state index is 0.154. The van der Waals surface area contributed by atoms with Gasteiger partial charge in [0.15, 0.2) is 6.10 Å². The van der Waals surface area contributed by atoms with Gasteiger partial charge in [0.1, 0.15) is 6.61 Å². The zero-order valence-corrected chi connectivity index (χ0v) is 32.2. The van der Waals surface area contributed by atoms with Crippen molar-refractivity contribution in [3.63, 3.8) is 0 Å². The summed E-state index contributed by atoms with van der Waals surface area (Å²) in [6.45, 7) is 3.48. The second-order valence-corrected chi connectivity index (χ2v) is 13.8. The van der Waals surface area contributed by atoms with E-state index in [1.54, 1.807) is 0 Å². The van der Waals surface area contributed by atoms with E-state index in [1.807, 2.05) is 0 Å². The highest BCUT2D eigenvalue weighted by atomic mass is 31.2. The molecular formula is C41H69O8P. The molecule has 0 aliphatic rings. The smallest absolute Gasteiger partial charge is 0.462 e. The zero-order valence-electron chi connectivity index (χ0n) is 31.3. The molecule has 0 fully saturated rings. The van der Waals surface area contributed by atoms with Crippen molar-refractivity contribution in [2.45, 2.75) is 161 Å². The molecule has 0 aliphatic heterocycles. The lowest BCUT2D eigenvalue weighted by molar-refractivity contribution is -0.161. The molecule has 0 amide bonds. The maximum atomic E-state index is 12.3. The summed E-state index contributed by atoms with van der Waals surface area (Å²) in [7, 11) is -4.77. The monoisotopic (exact) mass is 720 g/mol. The van der Waals surface area contributed by atoms with Gasteiger partial charge in [-0.05, 0) is 83.5 Å². The van der Waals surface area contributed by atoms with Crippen LogP contribution in [0.4, 0.5) is 0 Å². The van der Waals surface area contributed by atoms with E-state index in [1.165, 1.54) is 44.9 Å². The second kappa shape index (κ2) is 36.3. The highest BCUT2D eigenvalue weighted by molar-refractivity contribution is 7.46. The van der Waals surface area contributed by atoms with E-state index in [0.29, 0.717) is 12.8 Å². The van der Waals surface area contributed by atoms with E-state index in [0.717, 1.165) is 70.6 Å². The fourth-order valence-electron chi connectivity index (χ4n) is 4.86. The van der Waals surface area contributed by atoms with E-state index in [2.05, 4.69) is 91.3 Å². The summed E-state index contributed by atoms with van der Waals surface area (Å²) in [6, 6.07) is 0. The summed E-state index contributed by atoms with van der Waals surface area (Å²) in [5.74, 6) is -0.949. The third kappa shape index (κ3) is 38.3. The summed E-state index contributed by atoms with van der Waals surface area (Å²) >= 11 is 0. The van der Waals surface area contributed by atoms with Crippen LogP contribution in [0.25, 0.3) is 0 Å². The highest BCUT2D eigenvalue weighted by Crippen LogP contribution is 2.36. The lowest BCUT2D eigenvalue weighted by atomic mass is 10.1. The number of allylic oxidation sites excluding steroid dienone is 12. The van der Waals surface area contributed by atoms with Crippen LogP contribution in [0.2, 0.25) is 0 Å². The number of unbranched alkanes of at least 4 members (excludes halogenated alkanes) is 12. The highest BCUT2D eigenvalue weighted by Gasteiger charge is 2.22. The average molecular weight is 721 g/mol. The van der Waals surface area contributed by atoms with Crippen molar-refractivity contribution >= 4 is 19.8 Å². The SMILES string of the molecule is CC/C=C/C/C=C/C/C=C/C/C=C/CCCCC(=O)O[C@H](COC(=O)CCCCCCCCC/C=C/C/C=C/CCCCC)COP(=O)(O)O. The molecule has 0 unspecified atom stereocenters. The molecule has 0 aromatic rings. The van der Waals surface area contributed by atoms with Gasteiger partial charge in [-0.1, -0.05) is 132 Å². The number of ether oxygens (including phenoxy) is 2. The van der Waals surface area contributed by atoms with Crippen LogP contribution in [0.3, 0.4) is 0 Å². The molecule has 50 heavy (non-hydrogen) atoms. The molecule has 0 aromatic heterocycles. The summed E-state index contributed by atoms with van der Waals surface area (Å²) in [4.78, 5) is 42.7. The lowest BCUT2D eigenvalue weighted by Gasteiger charge is -2.18. The first-order valence-corrected chi connectivity index (χ1v) is 20.8. The molecule has 0 aromatic carbocycles. The molecule has 0 saturated heterocycles. The predicted octanol–water partition coefficient (Wildman–Crippen LogP) is 11.5. The summed E-state index contributed by atoms with van der Waals surface area (Å²) in [5.41, 5.74) is 0. The quantitative estimate of drug-likeness (QED) is 0.0292. The Morgan fingerprint density at radius 3 is 1.48 bits per heavy atom. The Morgan fingerprint density at radius 2 is 0.960 bits per heavy atom. The van der Waals surface area contributed by atoms with Gasteiger partial charge < -0.3 is 19.3 Å². The van der Waals surface area contributed by atoms with Crippen molar-refractivity contribution in [1.82, 2.24) is 0 Å². The molecule has 286 valence electrons. The summed E-state index contributed by atoms with van der Waals surface area (Å²) < 4.78 is 26.3. The van der Waals surface area contributed by atoms with E-state index in [-0.39, 0.29) is 19.4 Å². The van der Waals surface area contributed by atoms with Crippen LogP contribution in [-0.4, -0.2) is 41.0 Å². The van der Waals surface area contributed by atoms with Crippen LogP contribution in [0.5, 0.6) is 0 Å². The maximum Gasteiger partial charge on any atom is 0.469 e. The molecule has 8 nitrogen and oxygen atoms in total. The third-order valence-electron chi connectivity index (χ3n) is 7.71. The molecule has 0 spiro atoms. The molecule has 1 atom stereocenters. The van der Waals surface area contributed by atoms with Gasteiger partial charge in [-0.15, -0.1) is 0 Å². The number of hydrogen-bond donors (Lipinski definition) is 2. The van der Waals surface area contributed by atoms with Crippen molar-refractivity contribution in [3.8, 4) is 0 Å². The van der Waals surface area contributed by atoms with Crippen LogP contribution >= 0.6 is 7.82 Å². The maximum absolute atomic E-state index is 12.3. The number of carbonyl (C=O) groups is 2. The number of esters is 2. The standard InChI is InChI=1S/C41H69O8P/c1-3-5-7-9-11-13-15-17-19-20-22-23-25-27-29-31-33-35-40(42)47-37-39(38-48-50(44,45)46)49-41(43)36-34-32-30-28-26-24-21-18-16-14-12-10-8-6-4-2/h6,8,11-14,17-19,21,26,28,39H,3-5,7,9-10,15-16,20,22-25,27,29-38H2,1-2H3,(H2,44,45,46)/b8-6+,13-11+,14-12+,19-17+,21-18+,28-26+/t39-/m1/s1. The lowest BCUT2D eigenvalue weighted by Crippen LogP contribution is -2.29. The molecule has 0 aliphatic carbocycles. The van der Waals surface area contributed by atoms with Crippen LogP contribution in [0.1, 0.15) is 155 Å². The minimum atomic E-state index is -4.77. The first kappa shape index (κ1) is 47.5. The van der Waals surface area contributed by atoms with Crippen LogP contribution in [0.15, 0.2) is 72.9 Å². The van der Waals surface area contributed by atoms with Gasteiger partial charge in [0.25, 0.3) is 0 Å². The topological polar surface area (TPSA) is 119 Å². The summed E-state index contributed by atoms with van der Waals surface area (Å²) in [6.07, 6.45) is 46.2. The van der Waals surface area contributed by atoms with E-state index >= 15 is 0 Å². The Balaban J connectivity index is 4.05. The van der Waals surface area contributed by atoms with Crippen LogP contribution in [0, 0.1) is 0 Å². The van der Waals surface area contributed by atoms with Gasteiger partial charge in [0, 0.05) is 12.8 Å². The van der Waals surface area contributed by atoms with Crippen LogP contribution < -0.4 is 0 Å². The molecule has 9 heteroatoms. The van der Waals surface area contributed by atoms with Crippen molar-refractivity contribution in [2.24, 2.45) is 0 Å². The molecule has 0 heterocycles. The summed E-state index contributed by atoms with van der Waals surface area (Å²) in [5, 5.41) is 0. The van der Waals surface area contributed by atoms with Gasteiger partial charge in [-0.25, -0.2) is 4.57 Å². The van der Waals surface area contributed by atoms with E-state index in [4.69, 9.17) is 19.3 Å². The largest absolute Gasteiger partial charge is 0.469 e. The molecular weight excluding hydrogens is 651 g/mol. The van der Waals surface area contributed by atoms with Gasteiger partial charge in [0.2, 0.25) is 0 Å². The van der Waals surface area contributed by atoms with Crippen molar-refractivity contribution < 1.29 is 37.9 Å². The van der Waals surface area contributed by atoms with Gasteiger partial charge in [-0.2, -0.15) is 0 Å².